The number of pyridine rings is 1. The number of aryl methyl sites for hydroxylation is 4. The number of halogens is 1. The highest BCUT2D eigenvalue weighted by molar-refractivity contribution is 6.31. The Labute approximate surface area is 208 Å². The van der Waals surface area contributed by atoms with Crippen LogP contribution in [0.25, 0.3) is 11.0 Å². The van der Waals surface area contributed by atoms with E-state index in [0.717, 1.165) is 16.7 Å². The third-order valence-electron chi connectivity index (χ3n) is 5.63. The Bertz CT molecular complexity index is 1510. The van der Waals surface area contributed by atoms with Crippen molar-refractivity contribution < 1.29 is 19.1 Å². The van der Waals surface area contributed by atoms with Gasteiger partial charge in [0.1, 0.15) is 11.3 Å². The van der Waals surface area contributed by atoms with Crippen LogP contribution in [-0.4, -0.2) is 23.1 Å². The summed E-state index contributed by atoms with van der Waals surface area (Å²) in [6.45, 7) is 7.35. The van der Waals surface area contributed by atoms with Crippen LogP contribution >= 0.6 is 11.6 Å². The number of fused-ring (bicyclic) bond motifs is 1. The molecule has 2 heterocycles. The zero-order chi connectivity index (χ0) is 25.3. The fourth-order valence-electron chi connectivity index (χ4n) is 3.91. The number of rotatable bonds is 5. The van der Waals surface area contributed by atoms with Gasteiger partial charge in [0.25, 0.3) is 5.91 Å². The molecule has 1 amide bonds. The van der Waals surface area contributed by atoms with Gasteiger partial charge in [-0.1, -0.05) is 17.7 Å². The van der Waals surface area contributed by atoms with Crippen LogP contribution < -0.4 is 15.6 Å². The molecular weight excluding hydrogens is 466 g/mol. The maximum atomic E-state index is 13.6. The molecule has 0 fully saturated rings. The number of amides is 1. The van der Waals surface area contributed by atoms with Gasteiger partial charge in [0.05, 0.1) is 30.8 Å². The van der Waals surface area contributed by atoms with Gasteiger partial charge in [-0.05, 0) is 68.7 Å². The molecule has 8 heteroatoms. The molecule has 0 spiro atoms. The summed E-state index contributed by atoms with van der Waals surface area (Å²) in [5, 5.41) is 13.9. The molecule has 35 heavy (non-hydrogen) atoms. The zero-order valence-electron chi connectivity index (χ0n) is 20.2. The Morgan fingerprint density at radius 2 is 1.83 bits per heavy atom. The minimum atomic E-state index is -0.447. The van der Waals surface area contributed by atoms with Gasteiger partial charge in [-0.15, -0.1) is 0 Å². The highest BCUT2D eigenvalue weighted by atomic mass is 35.5. The molecule has 7 nitrogen and oxygen atoms in total. The summed E-state index contributed by atoms with van der Waals surface area (Å²) in [5.41, 5.74) is 5.93. The largest absolute Gasteiger partial charge is 0.495 e. The standard InChI is InChI=1S/C27H26ClN3O4/c1-14-6-15(2)8-19(7-14)30-27-21(10-20-18(13-32)12-29-17(4)25(20)35-27)26(33)31-23-9-16(3)22(28)11-24(23)34-5/h6-12,32H,13H2,1-5H3,(H,31,33). The smallest absolute Gasteiger partial charge is 0.261 e. The number of aliphatic hydroxyl groups is 1. The maximum absolute atomic E-state index is 13.6. The highest BCUT2D eigenvalue weighted by Gasteiger charge is 2.18. The highest BCUT2D eigenvalue weighted by Crippen LogP contribution is 2.31. The van der Waals surface area contributed by atoms with Crippen molar-refractivity contribution in [1.29, 1.82) is 0 Å². The molecule has 0 aliphatic heterocycles. The minimum Gasteiger partial charge on any atom is -0.495 e. The number of carbonyl (C=O) groups is 1. The lowest BCUT2D eigenvalue weighted by Crippen LogP contribution is -2.22. The molecule has 0 aliphatic rings. The van der Waals surface area contributed by atoms with Crippen molar-refractivity contribution in [2.45, 2.75) is 34.3 Å². The minimum absolute atomic E-state index is 0.129. The molecule has 2 aromatic heterocycles. The number of aromatic nitrogens is 1. The summed E-state index contributed by atoms with van der Waals surface area (Å²) >= 11 is 6.22. The molecule has 0 unspecified atom stereocenters. The van der Waals surface area contributed by atoms with E-state index >= 15 is 0 Å². The number of hydrogen-bond donors (Lipinski definition) is 2. The molecule has 0 bridgehead atoms. The molecule has 180 valence electrons. The predicted octanol–water partition coefficient (Wildman–Crippen LogP) is 5.70. The SMILES string of the molecule is COc1cc(Cl)c(C)cc1NC(=O)c1cc2c(CO)cnc(C)c2oc1=Nc1cc(C)cc(C)c1. The van der Waals surface area contributed by atoms with Crippen LogP contribution in [0.1, 0.15) is 38.3 Å². The van der Waals surface area contributed by atoms with E-state index in [1.54, 1.807) is 31.3 Å². The Morgan fingerprint density at radius 3 is 2.49 bits per heavy atom. The Hall–Kier alpha value is -3.68. The predicted molar refractivity (Wildman–Crippen MR) is 137 cm³/mol. The normalized spacial score (nSPS) is 11.7. The van der Waals surface area contributed by atoms with Crippen molar-refractivity contribution in [3.63, 3.8) is 0 Å². The molecule has 0 saturated heterocycles. The first kappa shape index (κ1) is 24.4. The van der Waals surface area contributed by atoms with Gasteiger partial charge in [-0.2, -0.15) is 0 Å². The van der Waals surface area contributed by atoms with Crippen LogP contribution in [0.3, 0.4) is 0 Å². The summed E-state index contributed by atoms with van der Waals surface area (Å²) in [5.74, 6) is -0.0206. The molecule has 0 atom stereocenters. The van der Waals surface area contributed by atoms with Crippen LogP contribution in [0.15, 0.2) is 52.0 Å². The summed E-state index contributed by atoms with van der Waals surface area (Å²) in [4.78, 5) is 22.5. The number of anilines is 1. The average molecular weight is 492 g/mol. The van der Waals surface area contributed by atoms with Crippen molar-refractivity contribution in [2.24, 2.45) is 4.99 Å². The molecule has 0 saturated carbocycles. The maximum Gasteiger partial charge on any atom is 0.261 e. The Kier molecular flexibility index (Phi) is 6.91. The lowest BCUT2D eigenvalue weighted by Gasteiger charge is -2.13. The van der Waals surface area contributed by atoms with E-state index in [0.29, 0.717) is 44.4 Å². The summed E-state index contributed by atoms with van der Waals surface area (Å²) in [7, 11) is 1.51. The third kappa shape index (κ3) is 5.06. The second-order valence-corrected chi connectivity index (χ2v) is 8.86. The van der Waals surface area contributed by atoms with Crippen LogP contribution in [0.2, 0.25) is 5.02 Å². The molecule has 2 N–H and O–H groups in total. The van der Waals surface area contributed by atoms with Crippen molar-refractivity contribution in [2.75, 3.05) is 12.4 Å². The monoisotopic (exact) mass is 491 g/mol. The van der Waals surface area contributed by atoms with Crippen molar-refractivity contribution in [1.82, 2.24) is 4.98 Å². The molecule has 0 radical (unpaired) electrons. The number of methoxy groups -OCH3 is 1. The fraction of sp³-hybridized carbons (Fsp3) is 0.222. The van der Waals surface area contributed by atoms with Crippen molar-refractivity contribution in [3.05, 3.63) is 86.7 Å². The number of ether oxygens (including phenoxy) is 1. The Balaban J connectivity index is 1.94. The quantitative estimate of drug-likeness (QED) is 0.373. The first-order valence-corrected chi connectivity index (χ1v) is 11.4. The lowest BCUT2D eigenvalue weighted by molar-refractivity contribution is 0.102. The van der Waals surface area contributed by atoms with E-state index in [2.05, 4.69) is 15.3 Å². The number of nitrogens with zero attached hydrogens (tertiary/aromatic N) is 2. The van der Waals surface area contributed by atoms with Crippen LogP contribution in [-0.2, 0) is 6.61 Å². The average Bonchev–Trinajstić information content (AvgIpc) is 2.80. The number of aliphatic hydroxyl groups excluding tert-OH is 1. The molecule has 2 aromatic carbocycles. The number of nitrogens with one attached hydrogen (secondary N) is 1. The number of benzene rings is 2. The summed E-state index contributed by atoms with van der Waals surface area (Å²) in [6, 6.07) is 10.9. The van der Waals surface area contributed by atoms with Crippen LogP contribution in [0.5, 0.6) is 5.75 Å². The van der Waals surface area contributed by atoms with Crippen molar-refractivity contribution >= 4 is 39.9 Å². The first-order chi connectivity index (χ1) is 16.7. The number of hydrogen-bond acceptors (Lipinski definition) is 6. The lowest BCUT2D eigenvalue weighted by atomic mass is 10.1. The van der Waals surface area contributed by atoms with Gasteiger partial charge in [0, 0.05) is 28.2 Å². The van der Waals surface area contributed by atoms with E-state index < -0.39 is 5.91 Å². The third-order valence-corrected chi connectivity index (χ3v) is 6.04. The fourth-order valence-corrected chi connectivity index (χ4v) is 4.07. The van der Waals surface area contributed by atoms with Crippen molar-refractivity contribution in [3.8, 4) is 5.75 Å². The Morgan fingerprint density at radius 1 is 1.11 bits per heavy atom. The summed E-state index contributed by atoms with van der Waals surface area (Å²) in [6.07, 6.45) is 1.57. The second-order valence-electron chi connectivity index (χ2n) is 8.45. The van der Waals surface area contributed by atoms with Gasteiger partial charge in [0.2, 0.25) is 5.55 Å². The van der Waals surface area contributed by atoms with Gasteiger partial charge in [-0.25, -0.2) is 4.99 Å². The molecule has 4 aromatic rings. The molecule has 4 rings (SSSR count). The number of carbonyl (C=O) groups excluding carboxylic acids is 1. The zero-order valence-corrected chi connectivity index (χ0v) is 20.9. The van der Waals surface area contributed by atoms with Crippen LogP contribution in [0.4, 0.5) is 11.4 Å². The van der Waals surface area contributed by atoms with Crippen LogP contribution in [0, 0.1) is 27.7 Å². The first-order valence-electron chi connectivity index (χ1n) is 11.0. The van der Waals surface area contributed by atoms with E-state index in [1.807, 2.05) is 39.0 Å². The van der Waals surface area contributed by atoms with E-state index in [-0.39, 0.29) is 17.7 Å². The topological polar surface area (TPSA) is 97.0 Å². The van der Waals surface area contributed by atoms with Gasteiger partial charge < -0.3 is 19.6 Å². The van der Waals surface area contributed by atoms with E-state index in [9.17, 15) is 9.90 Å². The second kappa shape index (κ2) is 9.90. The molecule has 0 aliphatic carbocycles. The summed E-state index contributed by atoms with van der Waals surface area (Å²) < 4.78 is 11.6. The van der Waals surface area contributed by atoms with Gasteiger partial charge in [0.15, 0.2) is 5.58 Å². The van der Waals surface area contributed by atoms with E-state index in [1.165, 1.54) is 7.11 Å². The molecular formula is C27H26ClN3O4. The van der Waals surface area contributed by atoms with E-state index in [4.69, 9.17) is 20.8 Å². The van der Waals surface area contributed by atoms with Gasteiger partial charge >= 0.3 is 0 Å². The van der Waals surface area contributed by atoms with Gasteiger partial charge in [-0.3, -0.25) is 9.78 Å².